The van der Waals surface area contributed by atoms with Gasteiger partial charge in [0, 0.05) is 6.54 Å². The first-order chi connectivity index (χ1) is 8.27. The fourth-order valence-corrected chi connectivity index (χ4v) is 3.00. The molecule has 90 valence electrons. The van der Waals surface area contributed by atoms with Crippen molar-refractivity contribution in [2.45, 2.75) is 32.1 Å². The molecule has 17 heavy (non-hydrogen) atoms. The van der Waals surface area contributed by atoms with E-state index >= 15 is 0 Å². The highest BCUT2D eigenvalue weighted by Gasteiger charge is 2.41. The summed E-state index contributed by atoms with van der Waals surface area (Å²) in [5.41, 5.74) is 0.502. The molecule has 0 spiro atoms. The van der Waals surface area contributed by atoms with Gasteiger partial charge < -0.3 is 5.32 Å². The third-order valence-corrected chi connectivity index (χ3v) is 4.12. The second kappa shape index (κ2) is 5.33. The van der Waals surface area contributed by atoms with Crippen molar-refractivity contribution in [1.82, 2.24) is 5.32 Å². The molecular formula is C13H16N2OS. The molecule has 1 aromatic rings. The molecule has 3 nitrogen and oxygen atoms in total. The van der Waals surface area contributed by atoms with Gasteiger partial charge in [0.2, 0.25) is 5.91 Å². The van der Waals surface area contributed by atoms with Gasteiger partial charge in [-0.1, -0.05) is 12.8 Å². The summed E-state index contributed by atoms with van der Waals surface area (Å²) in [6, 6.07) is 4.27. The third-order valence-electron chi connectivity index (χ3n) is 3.39. The van der Waals surface area contributed by atoms with Gasteiger partial charge >= 0.3 is 0 Å². The smallest absolute Gasteiger partial charge is 0.240 e. The van der Waals surface area contributed by atoms with Crippen molar-refractivity contribution in [3.63, 3.8) is 0 Å². The van der Waals surface area contributed by atoms with E-state index < -0.39 is 5.41 Å². The number of amides is 1. The molecule has 1 aliphatic rings. The Morgan fingerprint density at radius 1 is 1.53 bits per heavy atom. The molecule has 0 atom stereocenters. The predicted molar refractivity (Wildman–Crippen MR) is 67.5 cm³/mol. The lowest BCUT2D eigenvalue weighted by molar-refractivity contribution is -0.127. The van der Waals surface area contributed by atoms with Crippen LogP contribution in [-0.2, 0) is 11.2 Å². The molecule has 1 aliphatic carbocycles. The Labute approximate surface area is 105 Å². The summed E-state index contributed by atoms with van der Waals surface area (Å²) in [5, 5.41) is 16.2. The molecule has 1 fully saturated rings. The molecule has 2 rings (SSSR count). The van der Waals surface area contributed by atoms with Crippen LogP contribution in [0.5, 0.6) is 0 Å². The lowest BCUT2D eigenvalue weighted by Gasteiger charge is -2.18. The van der Waals surface area contributed by atoms with Crippen molar-refractivity contribution in [2.75, 3.05) is 6.54 Å². The van der Waals surface area contributed by atoms with Gasteiger partial charge in [-0.05, 0) is 41.7 Å². The van der Waals surface area contributed by atoms with E-state index in [4.69, 9.17) is 5.26 Å². The molecule has 0 unspecified atom stereocenters. The Balaban J connectivity index is 1.83. The highest BCUT2D eigenvalue weighted by Crippen LogP contribution is 2.37. The number of nitrogens with one attached hydrogen (secondary N) is 1. The molecule has 0 bridgehead atoms. The van der Waals surface area contributed by atoms with Crippen molar-refractivity contribution in [2.24, 2.45) is 5.41 Å². The van der Waals surface area contributed by atoms with Crippen molar-refractivity contribution in [3.05, 3.63) is 22.4 Å². The van der Waals surface area contributed by atoms with Crippen LogP contribution in [0, 0.1) is 16.7 Å². The van der Waals surface area contributed by atoms with Crippen LogP contribution in [-0.4, -0.2) is 12.5 Å². The third kappa shape index (κ3) is 2.67. The topological polar surface area (TPSA) is 52.9 Å². The Bertz CT molecular complexity index is 413. The van der Waals surface area contributed by atoms with Crippen LogP contribution < -0.4 is 5.32 Å². The first kappa shape index (κ1) is 12.1. The average molecular weight is 248 g/mol. The van der Waals surface area contributed by atoms with Crippen molar-refractivity contribution in [1.29, 1.82) is 5.26 Å². The van der Waals surface area contributed by atoms with Gasteiger partial charge in [-0.25, -0.2) is 0 Å². The number of nitrogens with zero attached hydrogens (tertiary/aromatic N) is 1. The number of rotatable bonds is 4. The minimum atomic E-state index is -0.741. The molecule has 0 aliphatic heterocycles. The summed E-state index contributed by atoms with van der Waals surface area (Å²) in [6.45, 7) is 0.624. The summed E-state index contributed by atoms with van der Waals surface area (Å²) in [6.07, 6.45) is 4.26. The van der Waals surface area contributed by atoms with E-state index in [0.29, 0.717) is 19.4 Å². The number of nitriles is 1. The maximum atomic E-state index is 12.0. The van der Waals surface area contributed by atoms with Gasteiger partial charge in [0.15, 0.2) is 0 Å². The van der Waals surface area contributed by atoms with E-state index in [1.807, 2.05) is 5.38 Å². The van der Waals surface area contributed by atoms with Gasteiger partial charge in [-0.3, -0.25) is 4.79 Å². The zero-order chi connectivity index (χ0) is 12.1. The monoisotopic (exact) mass is 248 g/mol. The van der Waals surface area contributed by atoms with Crippen LogP contribution >= 0.6 is 11.3 Å². The maximum absolute atomic E-state index is 12.0. The minimum absolute atomic E-state index is 0.0762. The quantitative estimate of drug-likeness (QED) is 0.890. The van der Waals surface area contributed by atoms with Crippen LogP contribution in [0.2, 0.25) is 0 Å². The Hall–Kier alpha value is -1.34. The van der Waals surface area contributed by atoms with E-state index in [1.165, 1.54) is 5.56 Å². The van der Waals surface area contributed by atoms with Crippen LogP contribution in [0.4, 0.5) is 0 Å². The number of carbonyl (C=O) groups is 1. The summed E-state index contributed by atoms with van der Waals surface area (Å²) in [5.74, 6) is -0.0762. The Kier molecular flexibility index (Phi) is 3.80. The van der Waals surface area contributed by atoms with Crippen molar-refractivity contribution in [3.8, 4) is 6.07 Å². The van der Waals surface area contributed by atoms with Crippen LogP contribution in [0.3, 0.4) is 0 Å². The van der Waals surface area contributed by atoms with Gasteiger partial charge in [-0.15, -0.1) is 0 Å². The Morgan fingerprint density at radius 3 is 2.88 bits per heavy atom. The number of carbonyl (C=O) groups excluding carboxylic acids is 1. The van der Waals surface area contributed by atoms with E-state index in [0.717, 1.165) is 19.3 Å². The number of thiophene rings is 1. The molecule has 4 heteroatoms. The number of hydrogen-bond acceptors (Lipinski definition) is 3. The molecule has 1 N–H and O–H groups in total. The highest BCUT2D eigenvalue weighted by atomic mass is 32.1. The zero-order valence-corrected chi connectivity index (χ0v) is 10.6. The Morgan fingerprint density at radius 2 is 2.29 bits per heavy atom. The van der Waals surface area contributed by atoms with Gasteiger partial charge in [0.05, 0.1) is 6.07 Å². The fraction of sp³-hybridized carbons (Fsp3) is 0.538. The van der Waals surface area contributed by atoms with E-state index in [9.17, 15) is 4.79 Å². The van der Waals surface area contributed by atoms with Gasteiger partial charge in [-0.2, -0.15) is 16.6 Å². The van der Waals surface area contributed by atoms with Crippen LogP contribution in [0.1, 0.15) is 31.2 Å². The molecule has 1 heterocycles. The standard InChI is InChI=1S/C13H16N2OS/c14-10-13(5-1-2-6-13)12(16)15-7-3-11-4-8-17-9-11/h4,8-9H,1-3,5-7H2,(H,15,16). The predicted octanol–water partition coefficient (Wildman–Crippen LogP) is 2.49. The average Bonchev–Trinajstić information content (AvgIpc) is 3.00. The molecule has 0 saturated heterocycles. The highest BCUT2D eigenvalue weighted by molar-refractivity contribution is 7.07. The largest absolute Gasteiger partial charge is 0.354 e. The molecule has 1 aromatic heterocycles. The minimum Gasteiger partial charge on any atom is -0.354 e. The van der Waals surface area contributed by atoms with Crippen LogP contribution in [0.25, 0.3) is 0 Å². The summed E-state index contributed by atoms with van der Waals surface area (Å²) in [4.78, 5) is 12.0. The maximum Gasteiger partial charge on any atom is 0.240 e. The normalized spacial score (nSPS) is 17.6. The van der Waals surface area contributed by atoms with E-state index in [2.05, 4.69) is 22.8 Å². The van der Waals surface area contributed by atoms with Crippen molar-refractivity contribution >= 4 is 17.2 Å². The van der Waals surface area contributed by atoms with Crippen molar-refractivity contribution < 1.29 is 4.79 Å². The lowest BCUT2D eigenvalue weighted by atomic mass is 9.87. The van der Waals surface area contributed by atoms with E-state index in [-0.39, 0.29) is 5.91 Å². The molecule has 0 aromatic carbocycles. The van der Waals surface area contributed by atoms with E-state index in [1.54, 1.807) is 11.3 Å². The first-order valence-corrected chi connectivity index (χ1v) is 6.92. The molecule has 1 amide bonds. The summed E-state index contributed by atoms with van der Waals surface area (Å²) >= 11 is 1.66. The second-order valence-electron chi connectivity index (χ2n) is 4.54. The second-order valence-corrected chi connectivity index (χ2v) is 5.32. The fourth-order valence-electron chi connectivity index (χ4n) is 2.29. The summed E-state index contributed by atoms with van der Waals surface area (Å²) in [7, 11) is 0. The zero-order valence-electron chi connectivity index (χ0n) is 9.74. The van der Waals surface area contributed by atoms with Gasteiger partial charge in [0.25, 0.3) is 0 Å². The van der Waals surface area contributed by atoms with Crippen LogP contribution in [0.15, 0.2) is 16.8 Å². The number of hydrogen-bond donors (Lipinski definition) is 1. The van der Waals surface area contributed by atoms with Gasteiger partial charge in [0.1, 0.15) is 5.41 Å². The summed E-state index contributed by atoms with van der Waals surface area (Å²) < 4.78 is 0. The SMILES string of the molecule is N#CC1(C(=O)NCCc2ccsc2)CCCC1. The first-order valence-electron chi connectivity index (χ1n) is 5.97. The molecule has 0 radical (unpaired) electrons. The molecular weight excluding hydrogens is 232 g/mol. The molecule has 1 saturated carbocycles. The lowest BCUT2D eigenvalue weighted by Crippen LogP contribution is -2.39.